The van der Waals surface area contributed by atoms with Crippen LogP contribution in [0, 0.1) is 5.92 Å². The Morgan fingerprint density at radius 2 is 2.04 bits per heavy atom. The van der Waals surface area contributed by atoms with Crippen molar-refractivity contribution >= 4 is 5.91 Å². The molecule has 1 aromatic carbocycles. The van der Waals surface area contributed by atoms with Gasteiger partial charge in [0, 0.05) is 25.2 Å². The molecule has 1 aliphatic heterocycles. The van der Waals surface area contributed by atoms with Crippen molar-refractivity contribution in [3.63, 3.8) is 0 Å². The molecule has 24 heavy (non-hydrogen) atoms. The molecule has 3 heteroatoms. The lowest BCUT2D eigenvalue weighted by atomic mass is 9.99. The molecule has 1 amide bonds. The van der Waals surface area contributed by atoms with E-state index in [0.29, 0.717) is 6.54 Å². The molecule has 2 aliphatic rings. The summed E-state index contributed by atoms with van der Waals surface area (Å²) in [7, 11) is 0. The van der Waals surface area contributed by atoms with Crippen LogP contribution in [0.25, 0.3) is 0 Å². The number of piperidine rings is 1. The van der Waals surface area contributed by atoms with Crippen LogP contribution in [0.5, 0.6) is 0 Å². The predicted molar refractivity (Wildman–Crippen MR) is 99.0 cm³/mol. The summed E-state index contributed by atoms with van der Waals surface area (Å²) >= 11 is 0. The summed E-state index contributed by atoms with van der Waals surface area (Å²) in [6, 6.07) is 8.14. The predicted octanol–water partition coefficient (Wildman–Crippen LogP) is 4.15. The van der Waals surface area contributed by atoms with Gasteiger partial charge in [0.2, 0.25) is 0 Å². The molecule has 1 unspecified atom stereocenters. The van der Waals surface area contributed by atoms with Gasteiger partial charge in [-0.1, -0.05) is 30.7 Å². The first-order valence-electron chi connectivity index (χ1n) is 9.48. The number of nitrogens with zero attached hydrogens (tertiary/aromatic N) is 1. The van der Waals surface area contributed by atoms with Gasteiger partial charge in [0.05, 0.1) is 0 Å². The van der Waals surface area contributed by atoms with Gasteiger partial charge in [0.15, 0.2) is 0 Å². The number of carbonyl (C=O) groups excluding carboxylic acids is 1. The molecule has 0 aromatic heterocycles. The van der Waals surface area contributed by atoms with Crippen LogP contribution in [0.2, 0.25) is 0 Å². The average molecular weight is 326 g/mol. The van der Waals surface area contributed by atoms with Gasteiger partial charge in [-0.3, -0.25) is 9.69 Å². The normalized spacial score (nSPS) is 22.0. The molecule has 1 aliphatic carbocycles. The molecular formula is C21H30N2O. The lowest BCUT2D eigenvalue weighted by Crippen LogP contribution is -2.33. The number of nitrogens with one attached hydrogen (secondary N) is 1. The second-order valence-electron chi connectivity index (χ2n) is 7.47. The molecular weight excluding hydrogens is 296 g/mol. The minimum absolute atomic E-state index is 0.0413. The van der Waals surface area contributed by atoms with E-state index < -0.39 is 0 Å². The van der Waals surface area contributed by atoms with Crippen molar-refractivity contribution in [2.45, 2.75) is 52.0 Å². The Morgan fingerprint density at radius 1 is 1.21 bits per heavy atom. The average Bonchev–Trinajstić information content (AvgIpc) is 2.61. The zero-order chi connectivity index (χ0) is 16.8. The number of carbonyl (C=O) groups is 1. The van der Waals surface area contributed by atoms with Gasteiger partial charge in [-0.05, 0) is 68.7 Å². The Hall–Kier alpha value is -1.61. The van der Waals surface area contributed by atoms with Crippen LogP contribution in [0.3, 0.4) is 0 Å². The minimum Gasteiger partial charge on any atom is -0.348 e. The third-order valence-electron chi connectivity index (χ3n) is 5.22. The van der Waals surface area contributed by atoms with E-state index in [1.54, 1.807) is 0 Å². The molecule has 0 saturated carbocycles. The maximum Gasteiger partial charge on any atom is 0.251 e. The van der Waals surface area contributed by atoms with Crippen LogP contribution in [-0.2, 0) is 6.54 Å². The van der Waals surface area contributed by atoms with Gasteiger partial charge in [0.25, 0.3) is 5.91 Å². The van der Waals surface area contributed by atoms with Crippen molar-refractivity contribution in [3.05, 3.63) is 47.0 Å². The Bertz CT molecular complexity index is 576. The monoisotopic (exact) mass is 326 g/mol. The summed E-state index contributed by atoms with van der Waals surface area (Å²) < 4.78 is 0. The molecule has 1 fully saturated rings. The zero-order valence-corrected chi connectivity index (χ0v) is 14.9. The molecule has 1 saturated heterocycles. The molecule has 1 aromatic rings. The van der Waals surface area contributed by atoms with Crippen molar-refractivity contribution < 1.29 is 4.79 Å². The number of benzene rings is 1. The highest BCUT2D eigenvalue weighted by Gasteiger charge is 2.16. The second-order valence-corrected chi connectivity index (χ2v) is 7.47. The first-order valence-corrected chi connectivity index (χ1v) is 9.48. The first-order chi connectivity index (χ1) is 11.7. The van der Waals surface area contributed by atoms with E-state index in [2.05, 4.69) is 35.3 Å². The highest BCUT2D eigenvalue weighted by Crippen LogP contribution is 2.18. The summed E-state index contributed by atoms with van der Waals surface area (Å²) in [6.07, 6.45) is 9.78. The van der Waals surface area contributed by atoms with Crippen LogP contribution in [0.4, 0.5) is 0 Å². The van der Waals surface area contributed by atoms with Crippen LogP contribution in [-0.4, -0.2) is 30.4 Å². The Balaban J connectivity index is 1.49. The molecule has 3 rings (SSSR count). The summed E-state index contributed by atoms with van der Waals surface area (Å²) in [4.78, 5) is 14.8. The fourth-order valence-electron chi connectivity index (χ4n) is 3.81. The number of likely N-dealkylation sites (tertiary alicyclic amines) is 1. The first kappa shape index (κ1) is 17.2. The summed E-state index contributed by atoms with van der Waals surface area (Å²) in [5.74, 6) is 0.845. The summed E-state index contributed by atoms with van der Waals surface area (Å²) in [5.41, 5.74) is 3.45. The van der Waals surface area contributed by atoms with Crippen molar-refractivity contribution in [3.8, 4) is 0 Å². The topological polar surface area (TPSA) is 32.3 Å². The molecule has 1 N–H and O–H groups in total. The Labute approximate surface area is 146 Å². The van der Waals surface area contributed by atoms with Crippen LogP contribution >= 0.6 is 0 Å². The number of allylic oxidation sites excluding steroid dienone is 1. The number of rotatable bonds is 5. The number of hydrogen-bond donors (Lipinski definition) is 1. The second kappa shape index (κ2) is 8.48. The van der Waals surface area contributed by atoms with Gasteiger partial charge in [-0.15, -0.1) is 0 Å². The largest absolute Gasteiger partial charge is 0.348 e. The lowest BCUT2D eigenvalue weighted by molar-refractivity contribution is 0.0956. The van der Waals surface area contributed by atoms with E-state index in [-0.39, 0.29) is 5.91 Å². The van der Waals surface area contributed by atoms with Gasteiger partial charge >= 0.3 is 0 Å². The molecule has 3 nitrogen and oxygen atoms in total. The van der Waals surface area contributed by atoms with Crippen molar-refractivity contribution in [1.29, 1.82) is 0 Å². The van der Waals surface area contributed by atoms with Gasteiger partial charge in [-0.25, -0.2) is 0 Å². The molecule has 0 spiro atoms. The summed E-state index contributed by atoms with van der Waals surface area (Å²) in [6.45, 7) is 6.42. The third-order valence-corrected chi connectivity index (χ3v) is 5.22. The minimum atomic E-state index is 0.0413. The van der Waals surface area contributed by atoms with Gasteiger partial charge in [0.1, 0.15) is 0 Å². The Morgan fingerprint density at radius 3 is 2.75 bits per heavy atom. The van der Waals surface area contributed by atoms with E-state index in [1.165, 1.54) is 49.9 Å². The molecule has 1 heterocycles. The van der Waals surface area contributed by atoms with E-state index >= 15 is 0 Å². The Kier molecular flexibility index (Phi) is 6.08. The van der Waals surface area contributed by atoms with Crippen LogP contribution in [0.15, 0.2) is 35.9 Å². The third kappa shape index (κ3) is 4.94. The smallest absolute Gasteiger partial charge is 0.251 e. The van der Waals surface area contributed by atoms with Crippen molar-refractivity contribution in [2.24, 2.45) is 5.92 Å². The van der Waals surface area contributed by atoms with Crippen LogP contribution in [0.1, 0.15) is 61.4 Å². The van der Waals surface area contributed by atoms with Gasteiger partial charge in [-0.2, -0.15) is 0 Å². The fraction of sp³-hybridized carbons (Fsp3) is 0.571. The molecule has 130 valence electrons. The molecule has 0 radical (unpaired) electrons. The molecule has 1 atom stereocenters. The van der Waals surface area contributed by atoms with Crippen LogP contribution < -0.4 is 5.32 Å². The van der Waals surface area contributed by atoms with E-state index in [9.17, 15) is 4.79 Å². The van der Waals surface area contributed by atoms with E-state index in [1.807, 2.05) is 12.1 Å². The molecule has 0 bridgehead atoms. The van der Waals surface area contributed by atoms with E-state index in [4.69, 9.17) is 0 Å². The summed E-state index contributed by atoms with van der Waals surface area (Å²) in [5, 5.41) is 3.06. The standard InChI is InChI=1S/C21H30N2O/c1-17-6-5-13-23(15-17)16-19-9-11-20(12-10-19)21(24)22-14-18-7-3-2-4-8-18/h7,9-12,17H,2-6,8,13-16H2,1H3,(H,22,24). The van der Waals surface area contributed by atoms with Crippen molar-refractivity contribution in [1.82, 2.24) is 10.2 Å². The lowest BCUT2D eigenvalue weighted by Gasteiger charge is -2.30. The quantitative estimate of drug-likeness (QED) is 0.825. The maximum absolute atomic E-state index is 12.3. The number of amides is 1. The number of hydrogen-bond acceptors (Lipinski definition) is 2. The van der Waals surface area contributed by atoms with Crippen molar-refractivity contribution in [2.75, 3.05) is 19.6 Å². The maximum atomic E-state index is 12.3. The SMILES string of the molecule is CC1CCCN(Cc2ccc(C(=O)NCC3=CCCCC3)cc2)C1. The zero-order valence-electron chi connectivity index (χ0n) is 14.9. The highest BCUT2D eigenvalue weighted by atomic mass is 16.1. The fourth-order valence-corrected chi connectivity index (χ4v) is 3.81. The van der Waals surface area contributed by atoms with Gasteiger partial charge < -0.3 is 5.32 Å². The van der Waals surface area contributed by atoms with E-state index in [0.717, 1.165) is 30.9 Å². The highest BCUT2D eigenvalue weighted by molar-refractivity contribution is 5.94.